The van der Waals surface area contributed by atoms with Crippen molar-refractivity contribution in [2.75, 3.05) is 26.8 Å². The number of hydrogen-bond donors (Lipinski definition) is 2. The number of nitrogens with one attached hydrogen (secondary N) is 1. The third-order valence-electron chi connectivity index (χ3n) is 5.72. The minimum atomic E-state index is -0.604. The van der Waals surface area contributed by atoms with Gasteiger partial charge < -0.3 is 19.5 Å². The second-order valence-electron chi connectivity index (χ2n) is 7.44. The van der Waals surface area contributed by atoms with Crippen molar-refractivity contribution in [3.63, 3.8) is 0 Å². The molecule has 0 amide bonds. The quantitative estimate of drug-likeness (QED) is 0.727. The highest BCUT2D eigenvalue weighted by molar-refractivity contribution is 5.92. The summed E-state index contributed by atoms with van der Waals surface area (Å²) in [6.45, 7) is 4.52. The van der Waals surface area contributed by atoms with E-state index in [0.717, 1.165) is 24.2 Å². The number of likely N-dealkylation sites (tertiary alicyclic amines) is 1. The molecule has 2 aromatic carbocycles. The van der Waals surface area contributed by atoms with E-state index < -0.39 is 11.4 Å². The van der Waals surface area contributed by atoms with Crippen LogP contribution in [0.5, 0.6) is 5.75 Å². The molecule has 1 aliphatic heterocycles. The zero-order valence-electron chi connectivity index (χ0n) is 16.9. The maximum atomic E-state index is 12.9. The average molecular weight is 398 g/mol. The summed E-state index contributed by atoms with van der Waals surface area (Å²) in [5.74, 6) is -0.786. The molecule has 1 aliphatic rings. The molecule has 3 rings (SSSR count). The van der Waals surface area contributed by atoms with Crippen LogP contribution in [-0.2, 0) is 26.2 Å². The number of esters is 2. The molecule has 29 heavy (non-hydrogen) atoms. The first-order valence-electron chi connectivity index (χ1n) is 9.96. The van der Waals surface area contributed by atoms with Gasteiger partial charge in [0.25, 0.3) is 0 Å². The number of hydrogen-bond acceptors (Lipinski definition) is 5. The maximum Gasteiger partial charge on any atom is 0.341 e. The lowest BCUT2D eigenvalue weighted by molar-refractivity contribution is -0.919. The summed E-state index contributed by atoms with van der Waals surface area (Å²) in [5, 5.41) is 9.89. The Labute approximate surface area is 171 Å². The van der Waals surface area contributed by atoms with Crippen molar-refractivity contribution in [1.29, 1.82) is 0 Å². The summed E-state index contributed by atoms with van der Waals surface area (Å²) < 4.78 is 10.2. The highest BCUT2D eigenvalue weighted by Gasteiger charge is 2.45. The maximum absolute atomic E-state index is 12.9. The van der Waals surface area contributed by atoms with E-state index in [1.807, 2.05) is 43.3 Å². The van der Waals surface area contributed by atoms with Gasteiger partial charge in [-0.2, -0.15) is 0 Å². The third kappa shape index (κ3) is 4.43. The number of methoxy groups -OCH3 is 1. The van der Waals surface area contributed by atoms with Crippen LogP contribution in [0.1, 0.15) is 41.3 Å². The van der Waals surface area contributed by atoms with Crippen molar-refractivity contribution >= 4 is 11.9 Å². The van der Waals surface area contributed by atoms with E-state index in [1.54, 1.807) is 6.07 Å². The Kier molecular flexibility index (Phi) is 6.54. The second-order valence-corrected chi connectivity index (χ2v) is 7.44. The molecule has 0 unspecified atom stereocenters. The zero-order chi connectivity index (χ0) is 20.9. The topological polar surface area (TPSA) is 77.3 Å². The van der Waals surface area contributed by atoms with Gasteiger partial charge in [-0.25, -0.2) is 4.79 Å². The summed E-state index contributed by atoms with van der Waals surface area (Å²) in [4.78, 5) is 26.0. The summed E-state index contributed by atoms with van der Waals surface area (Å²) in [7, 11) is 1.29. The van der Waals surface area contributed by atoms with Crippen LogP contribution >= 0.6 is 0 Å². The van der Waals surface area contributed by atoms with Gasteiger partial charge in [-0.1, -0.05) is 30.3 Å². The lowest BCUT2D eigenvalue weighted by Crippen LogP contribution is -3.12. The van der Waals surface area contributed by atoms with Crippen LogP contribution in [-0.4, -0.2) is 43.9 Å². The molecule has 1 heterocycles. The van der Waals surface area contributed by atoms with Crippen molar-refractivity contribution in [3.05, 3.63) is 65.2 Å². The highest BCUT2D eigenvalue weighted by Crippen LogP contribution is 2.34. The Morgan fingerprint density at radius 2 is 1.79 bits per heavy atom. The summed E-state index contributed by atoms with van der Waals surface area (Å²) in [5.41, 5.74) is 1.52. The molecule has 2 aromatic rings. The molecule has 2 N–H and O–H groups in total. The van der Waals surface area contributed by atoms with Crippen molar-refractivity contribution in [3.8, 4) is 5.75 Å². The van der Waals surface area contributed by atoms with E-state index in [1.165, 1.54) is 18.1 Å². The van der Waals surface area contributed by atoms with E-state index in [0.29, 0.717) is 26.0 Å². The van der Waals surface area contributed by atoms with Crippen molar-refractivity contribution in [2.45, 2.75) is 31.7 Å². The molecular weight excluding hydrogens is 370 g/mol. The Balaban J connectivity index is 1.75. The predicted octanol–water partition coefficient (Wildman–Crippen LogP) is 1.86. The van der Waals surface area contributed by atoms with E-state index in [4.69, 9.17) is 9.47 Å². The number of quaternary nitrogens is 1. The van der Waals surface area contributed by atoms with Gasteiger partial charge in [0.05, 0.1) is 26.8 Å². The monoisotopic (exact) mass is 398 g/mol. The van der Waals surface area contributed by atoms with E-state index >= 15 is 0 Å². The Morgan fingerprint density at radius 1 is 1.10 bits per heavy atom. The first-order valence-corrected chi connectivity index (χ1v) is 9.96. The summed E-state index contributed by atoms with van der Waals surface area (Å²) >= 11 is 0. The molecular formula is C23H28NO5+. The fraction of sp³-hybridized carbons (Fsp3) is 0.391. The molecule has 1 fully saturated rings. The van der Waals surface area contributed by atoms with Crippen LogP contribution in [0.3, 0.4) is 0 Å². The van der Waals surface area contributed by atoms with Crippen molar-refractivity contribution < 1.29 is 29.1 Å². The molecule has 0 saturated carbocycles. The van der Waals surface area contributed by atoms with E-state index in [9.17, 15) is 14.7 Å². The number of rotatable bonds is 6. The van der Waals surface area contributed by atoms with Crippen LogP contribution in [0.4, 0.5) is 0 Å². The number of carbonyl (C=O) groups is 2. The van der Waals surface area contributed by atoms with Gasteiger partial charge in [-0.3, -0.25) is 4.79 Å². The number of phenols is 1. The van der Waals surface area contributed by atoms with Gasteiger partial charge >= 0.3 is 11.9 Å². The number of ether oxygens (including phenoxy) is 2. The lowest BCUT2D eigenvalue weighted by atomic mass is 9.72. The average Bonchev–Trinajstić information content (AvgIpc) is 2.76. The normalized spacial score (nSPS) is 21.4. The number of carbonyl (C=O) groups excluding carboxylic acids is 2. The number of benzene rings is 2. The van der Waals surface area contributed by atoms with Crippen molar-refractivity contribution in [1.82, 2.24) is 0 Å². The van der Waals surface area contributed by atoms with Crippen LogP contribution in [0.25, 0.3) is 0 Å². The molecule has 1 saturated heterocycles. The van der Waals surface area contributed by atoms with Crippen LogP contribution in [0.15, 0.2) is 48.5 Å². The van der Waals surface area contributed by atoms with Gasteiger partial charge in [-0.05, 0) is 30.7 Å². The largest absolute Gasteiger partial charge is 0.507 e. The number of aromatic hydroxyl groups is 1. The first-order chi connectivity index (χ1) is 14.0. The smallest absolute Gasteiger partial charge is 0.341 e. The molecule has 0 radical (unpaired) electrons. The third-order valence-corrected chi connectivity index (χ3v) is 5.72. The van der Waals surface area contributed by atoms with Gasteiger partial charge in [0.2, 0.25) is 0 Å². The first kappa shape index (κ1) is 20.9. The van der Waals surface area contributed by atoms with Gasteiger partial charge in [-0.15, -0.1) is 0 Å². The molecule has 0 bridgehead atoms. The summed E-state index contributed by atoms with van der Waals surface area (Å²) in [6.07, 6.45) is 1.40. The lowest BCUT2D eigenvalue weighted by Gasteiger charge is -2.38. The molecule has 6 heteroatoms. The standard InChI is InChI=1S/C23H27NO5/c1-3-29-22(27)23(18-7-5-4-6-8-18)11-13-24(14-12-23)16-17-9-10-20(25)19(15-17)21(26)28-2/h4-10,15,25H,3,11-14,16H2,1-2H3/p+1. The molecule has 6 nitrogen and oxygen atoms in total. The fourth-order valence-corrected chi connectivity index (χ4v) is 4.10. The van der Waals surface area contributed by atoms with Crippen LogP contribution in [0, 0.1) is 0 Å². The predicted molar refractivity (Wildman–Crippen MR) is 108 cm³/mol. The van der Waals surface area contributed by atoms with E-state index in [2.05, 4.69) is 0 Å². The van der Waals surface area contributed by atoms with Crippen LogP contribution in [0.2, 0.25) is 0 Å². The number of piperidine rings is 1. The number of phenolic OH excluding ortho intramolecular Hbond substituents is 1. The van der Waals surface area contributed by atoms with E-state index in [-0.39, 0.29) is 17.3 Å². The van der Waals surface area contributed by atoms with Crippen LogP contribution < -0.4 is 4.90 Å². The van der Waals surface area contributed by atoms with Crippen molar-refractivity contribution in [2.24, 2.45) is 0 Å². The molecule has 154 valence electrons. The summed E-state index contributed by atoms with van der Waals surface area (Å²) in [6, 6.07) is 14.9. The van der Waals surface area contributed by atoms with Gasteiger partial charge in [0, 0.05) is 18.4 Å². The van der Waals surface area contributed by atoms with Gasteiger partial charge in [0.15, 0.2) is 0 Å². The molecule has 0 spiro atoms. The fourth-order valence-electron chi connectivity index (χ4n) is 4.10. The minimum Gasteiger partial charge on any atom is -0.507 e. The molecule has 0 aliphatic carbocycles. The molecule has 0 aromatic heterocycles. The zero-order valence-corrected chi connectivity index (χ0v) is 16.9. The SMILES string of the molecule is CCOC(=O)C1(c2ccccc2)CC[NH+](Cc2ccc(O)c(C(=O)OC)c2)CC1. The highest BCUT2D eigenvalue weighted by atomic mass is 16.5. The Morgan fingerprint density at radius 3 is 2.41 bits per heavy atom. The Hall–Kier alpha value is -2.86. The molecule has 0 atom stereocenters. The second kappa shape index (κ2) is 9.09. The minimum absolute atomic E-state index is 0.0837. The van der Waals surface area contributed by atoms with Gasteiger partial charge in [0.1, 0.15) is 23.3 Å². The Bertz CT molecular complexity index is 857.